The van der Waals surface area contributed by atoms with Crippen LogP contribution in [0.4, 0.5) is 11.4 Å². The number of nitrogen functional groups attached to an aromatic ring is 1. The van der Waals surface area contributed by atoms with E-state index in [1.165, 1.54) is 0 Å². The summed E-state index contributed by atoms with van der Waals surface area (Å²) in [6, 6.07) is 3.68. The van der Waals surface area contributed by atoms with E-state index in [1.807, 2.05) is 26.0 Å². The SMILES string of the molecule is CCCC(=O)c1cc(NC)c(N)cc1C.Cl. The molecule has 1 aromatic rings. The third-order valence-corrected chi connectivity index (χ3v) is 2.44. The van der Waals surface area contributed by atoms with Crippen LogP contribution in [0.15, 0.2) is 12.1 Å². The van der Waals surface area contributed by atoms with Gasteiger partial charge in [-0.15, -0.1) is 12.4 Å². The average Bonchev–Trinajstić information content (AvgIpc) is 2.18. The lowest BCUT2D eigenvalue weighted by atomic mass is 10.00. The van der Waals surface area contributed by atoms with Crippen LogP contribution >= 0.6 is 12.4 Å². The number of benzene rings is 1. The molecule has 3 nitrogen and oxygen atoms in total. The minimum Gasteiger partial charge on any atom is -0.397 e. The maximum Gasteiger partial charge on any atom is 0.163 e. The molecule has 0 spiro atoms. The molecule has 3 N–H and O–H groups in total. The van der Waals surface area contributed by atoms with Crippen LogP contribution in [-0.4, -0.2) is 12.8 Å². The van der Waals surface area contributed by atoms with Gasteiger partial charge in [0, 0.05) is 19.0 Å². The number of hydrogen-bond acceptors (Lipinski definition) is 3. The number of nitrogens with two attached hydrogens (primary N) is 1. The molecule has 0 radical (unpaired) electrons. The zero-order chi connectivity index (χ0) is 11.4. The van der Waals surface area contributed by atoms with Gasteiger partial charge in [-0.05, 0) is 31.0 Å². The smallest absolute Gasteiger partial charge is 0.163 e. The second kappa shape index (κ2) is 6.38. The molecule has 0 heterocycles. The van der Waals surface area contributed by atoms with Gasteiger partial charge in [-0.25, -0.2) is 0 Å². The van der Waals surface area contributed by atoms with Gasteiger partial charge >= 0.3 is 0 Å². The van der Waals surface area contributed by atoms with Crippen molar-refractivity contribution in [2.45, 2.75) is 26.7 Å². The zero-order valence-electron chi connectivity index (χ0n) is 9.96. The van der Waals surface area contributed by atoms with Crippen LogP contribution in [0.1, 0.15) is 35.7 Å². The first-order chi connectivity index (χ1) is 7.10. The predicted octanol–water partition coefficient (Wildman–Crippen LogP) is 3.02. The van der Waals surface area contributed by atoms with Gasteiger partial charge < -0.3 is 11.1 Å². The number of halogens is 1. The molecular weight excluding hydrogens is 224 g/mol. The molecule has 0 amide bonds. The van der Waals surface area contributed by atoms with Gasteiger partial charge in [-0.1, -0.05) is 6.92 Å². The summed E-state index contributed by atoms with van der Waals surface area (Å²) in [6.07, 6.45) is 1.46. The normalized spacial score (nSPS) is 9.44. The van der Waals surface area contributed by atoms with Crippen LogP contribution in [0, 0.1) is 6.92 Å². The van der Waals surface area contributed by atoms with Gasteiger partial charge in [-0.3, -0.25) is 4.79 Å². The molecule has 0 fully saturated rings. The molecule has 0 unspecified atom stereocenters. The highest BCUT2D eigenvalue weighted by atomic mass is 35.5. The molecule has 0 aliphatic heterocycles. The molecule has 0 saturated heterocycles. The Labute approximate surface area is 103 Å². The molecule has 0 saturated carbocycles. The maximum atomic E-state index is 11.8. The standard InChI is InChI=1S/C12H18N2O.ClH/c1-4-5-12(15)9-7-11(14-3)10(13)6-8(9)2;/h6-7,14H,4-5,13H2,1-3H3;1H. The summed E-state index contributed by atoms with van der Waals surface area (Å²) in [5.41, 5.74) is 9.03. The lowest BCUT2D eigenvalue weighted by Gasteiger charge is -2.10. The Balaban J connectivity index is 0.00000225. The third-order valence-electron chi connectivity index (χ3n) is 2.44. The Hall–Kier alpha value is -1.22. The predicted molar refractivity (Wildman–Crippen MR) is 71.6 cm³/mol. The number of anilines is 2. The van der Waals surface area contributed by atoms with Gasteiger partial charge in [0.25, 0.3) is 0 Å². The lowest BCUT2D eigenvalue weighted by molar-refractivity contribution is 0.0981. The van der Waals surface area contributed by atoms with Gasteiger partial charge in [0.05, 0.1) is 11.4 Å². The average molecular weight is 243 g/mol. The second-order valence-electron chi connectivity index (χ2n) is 3.68. The number of carbonyl (C=O) groups excluding carboxylic acids is 1. The first-order valence-electron chi connectivity index (χ1n) is 5.21. The summed E-state index contributed by atoms with van der Waals surface area (Å²) in [6.45, 7) is 3.92. The molecule has 0 atom stereocenters. The van der Waals surface area contributed by atoms with E-state index < -0.39 is 0 Å². The molecule has 4 heteroatoms. The number of aryl methyl sites for hydroxylation is 1. The van der Waals surface area contributed by atoms with E-state index in [0.717, 1.165) is 23.2 Å². The van der Waals surface area contributed by atoms with Crippen molar-refractivity contribution in [3.63, 3.8) is 0 Å². The Morgan fingerprint density at radius 1 is 1.44 bits per heavy atom. The molecule has 90 valence electrons. The highest BCUT2D eigenvalue weighted by molar-refractivity contribution is 5.99. The topological polar surface area (TPSA) is 55.1 Å². The Bertz CT molecular complexity index is 378. The molecule has 0 bridgehead atoms. The van der Waals surface area contributed by atoms with Crippen molar-refractivity contribution < 1.29 is 4.79 Å². The monoisotopic (exact) mass is 242 g/mol. The Kier molecular flexibility index (Phi) is 5.89. The number of rotatable bonds is 4. The van der Waals surface area contributed by atoms with E-state index in [4.69, 9.17) is 5.73 Å². The number of ketones is 1. The lowest BCUT2D eigenvalue weighted by Crippen LogP contribution is -2.05. The molecule has 1 aromatic carbocycles. The minimum absolute atomic E-state index is 0. The van der Waals surface area contributed by atoms with E-state index in [9.17, 15) is 4.79 Å². The molecule has 1 rings (SSSR count). The van der Waals surface area contributed by atoms with Gasteiger partial charge in [0.1, 0.15) is 0 Å². The number of hydrogen-bond donors (Lipinski definition) is 2. The molecule has 16 heavy (non-hydrogen) atoms. The summed E-state index contributed by atoms with van der Waals surface area (Å²) in [4.78, 5) is 11.8. The highest BCUT2D eigenvalue weighted by Gasteiger charge is 2.10. The van der Waals surface area contributed by atoms with E-state index in [-0.39, 0.29) is 18.2 Å². The summed E-state index contributed by atoms with van der Waals surface area (Å²) in [7, 11) is 1.80. The molecular formula is C12H19ClN2O. The maximum absolute atomic E-state index is 11.8. The third kappa shape index (κ3) is 3.14. The number of nitrogens with one attached hydrogen (secondary N) is 1. The van der Waals surface area contributed by atoms with Crippen LogP contribution in [0.3, 0.4) is 0 Å². The number of carbonyl (C=O) groups is 1. The fraction of sp³-hybridized carbons (Fsp3) is 0.417. The molecule has 0 aliphatic carbocycles. The second-order valence-corrected chi connectivity index (χ2v) is 3.68. The van der Waals surface area contributed by atoms with Crippen molar-refractivity contribution in [3.05, 3.63) is 23.3 Å². The number of Topliss-reactive ketones (excluding diaryl/α,β-unsaturated/α-hetero) is 1. The van der Waals surface area contributed by atoms with Crippen molar-refractivity contribution in [2.24, 2.45) is 0 Å². The van der Waals surface area contributed by atoms with Gasteiger partial charge in [0.15, 0.2) is 5.78 Å². The van der Waals surface area contributed by atoms with Crippen molar-refractivity contribution >= 4 is 29.6 Å². The van der Waals surface area contributed by atoms with Gasteiger partial charge in [0.2, 0.25) is 0 Å². The van der Waals surface area contributed by atoms with Crippen LogP contribution in [0.2, 0.25) is 0 Å². The van der Waals surface area contributed by atoms with Crippen LogP contribution in [0.5, 0.6) is 0 Å². The Morgan fingerprint density at radius 2 is 2.06 bits per heavy atom. The summed E-state index contributed by atoms with van der Waals surface area (Å²) < 4.78 is 0. The molecule has 0 aromatic heterocycles. The summed E-state index contributed by atoms with van der Waals surface area (Å²) in [5.74, 6) is 0.187. The van der Waals surface area contributed by atoms with Crippen molar-refractivity contribution in [1.82, 2.24) is 0 Å². The first-order valence-corrected chi connectivity index (χ1v) is 5.21. The van der Waals surface area contributed by atoms with Crippen LogP contribution in [0.25, 0.3) is 0 Å². The van der Waals surface area contributed by atoms with E-state index in [2.05, 4.69) is 5.32 Å². The quantitative estimate of drug-likeness (QED) is 0.630. The molecule has 0 aliphatic rings. The fourth-order valence-electron chi connectivity index (χ4n) is 1.61. The van der Waals surface area contributed by atoms with E-state index >= 15 is 0 Å². The summed E-state index contributed by atoms with van der Waals surface area (Å²) in [5, 5.41) is 2.98. The van der Waals surface area contributed by atoms with Crippen molar-refractivity contribution in [3.8, 4) is 0 Å². The largest absolute Gasteiger partial charge is 0.397 e. The van der Waals surface area contributed by atoms with Crippen LogP contribution < -0.4 is 11.1 Å². The fourth-order valence-corrected chi connectivity index (χ4v) is 1.61. The summed E-state index contributed by atoms with van der Waals surface area (Å²) >= 11 is 0. The van der Waals surface area contributed by atoms with Crippen molar-refractivity contribution in [2.75, 3.05) is 18.1 Å². The zero-order valence-corrected chi connectivity index (χ0v) is 10.8. The van der Waals surface area contributed by atoms with Crippen molar-refractivity contribution in [1.29, 1.82) is 0 Å². The first kappa shape index (κ1) is 14.8. The van der Waals surface area contributed by atoms with E-state index in [0.29, 0.717) is 12.1 Å². The highest BCUT2D eigenvalue weighted by Crippen LogP contribution is 2.24. The van der Waals surface area contributed by atoms with Gasteiger partial charge in [-0.2, -0.15) is 0 Å². The minimum atomic E-state index is 0. The Morgan fingerprint density at radius 3 is 2.56 bits per heavy atom. The van der Waals surface area contributed by atoms with E-state index in [1.54, 1.807) is 7.05 Å². The van der Waals surface area contributed by atoms with Crippen LogP contribution in [-0.2, 0) is 0 Å².